The fourth-order valence-electron chi connectivity index (χ4n) is 2.30. The summed E-state index contributed by atoms with van der Waals surface area (Å²) in [5, 5.41) is 3.30. The first-order valence-corrected chi connectivity index (χ1v) is 7.38. The van der Waals surface area contributed by atoms with Crippen LogP contribution in [0.25, 0.3) is 0 Å². The van der Waals surface area contributed by atoms with E-state index in [0.29, 0.717) is 6.61 Å². The Morgan fingerprint density at radius 2 is 2.00 bits per heavy atom. The highest BCUT2D eigenvalue weighted by molar-refractivity contribution is 9.10. The van der Waals surface area contributed by atoms with Crippen molar-refractivity contribution in [1.29, 1.82) is 0 Å². The van der Waals surface area contributed by atoms with Gasteiger partial charge >= 0.3 is 5.97 Å². The molecule has 1 N–H and O–H groups in total. The van der Waals surface area contributed by atoms with Crippen LogP contribution < -0.4 is 5.32 Å². The number of rotatable bonds is 4. The van der Waals surface area contributed by atoms with Crippen LogP contribution in [0.15, 0.2) is 28.7 Å². The van der Waals surface area contributed by atoms with Gasteiger partial charge in [0.05, 0.1) is 6.61 Å². The number of esters is 1. The molecule has 0 spiro atoms. The van der Waals surface area contributed by atoms with Gasteiger partial charge in [-0.3, -0.25) is 4.90 Å². The van der Waals surface area contributed by atoms with Gasteiger partial charge < -0.3 is 10.1 Å². The summed E-state index contributed by atoms with van der Waals surface area (Å²) in [6.07, 6.45) is 0. The molecule has 0 saturated carbocycles. The molecule has 1 fully saturated rings. The maximum absolute atomic E-state index is 12.2. The van der Waals surface area contributed by atoms with Crippen molar-refractivity contribution in [2.24, 2.45) is 0 Å². The Bertz CT molecular complexity index is 416. The molecule has 0 radical (unpaired) electrons. The van der Waals surface area contributed by atoms with E-state index in [-0.39, 0.29) is 12.0 Å². The number of carbonyl (C=O) groups is 1. The van der Waals surface area contributed by atoms with Gasteiger partial charge in [0.25, 0.3) is 0 Å². The second kappa shape index (κ2) is 7.03. The SMILES string of the molecule is CCOC(=O)C(c1ccc(Br)cc1)N1CCNCC1. The topological polar surface area (TPSA) is 41.6 Å². The van der Waals surface area contributed by atoms with Crippen molar-refractivity contribution in [2.45, 2.75) is 13.0 Å². The molecular formula is C14H19BrN2O2. The van der Waals surface area contributed by atoms with E-state index in [1.54, 1.807) is 0 Å². The molecule has 0 bridgehead atoms. The van der Waals surface area contributed by atoms with Gasteiger partial charge in [0.15, 0.2) is 0 Å². The first-order chi connectivity index (χ1) is 9.22. The summed E-state index contributed by atoms with van der Waals surface area (Å²) in [5.41, 5.74) is 0.989. The molecule has 0 aromatic heterocycles. The number of benzene rings is 1. The predicted molar refractivity (Wildman–Crippen MR) is 78.0 cm³/mol. The lowest BCUT2D eigenvalue weighted by Crippen LogP contribution is -2.47. The summed E-state index contributed by atoms with van der Waals surface area (Å²) >= 11 is 3.42. The standard InChI is InChI=1S/C14H19BrN2O2/c1-2-19-14(18)13(17-9-7-16-8-10-17)11-3-5-12(15)6-4-11/h3-6,13,16H,2,7-10H2,1H3. The van der Waals surface area contributed by atoms with E-state index < -0.39 is 0 Å². The van der Waals surface area contributed by atoms with Crippen LogP contribution in [0.5, 0.6) is 0 Å². The Kier molecular flexibility index (Phi) is 5.36. The van der Waals surface area contributed by atoms with Gasteiger partial charge in [0, 0.05) is 30.7 Å². The Balaban J connectivity index is 2.22. The lowest BCUT2D eigenvalue weighted by molar-refractivity contribution is -0.150. The van der Waals surface area contributed by atoms with Crippen LogP contribution in [0.4, 0.5) is 0 Å². The van der Waals surface area contributed by atoms with Gasteiger partial charge in [-0.15, -0.1) is 0 Å². The molecule has 1 unspecified atom stereocenters. The zero-order chi connectivity index (χ0) is 13.7. The number of nitrogens with one attached hydrogen (secondary N) is 1. The third-order valence-electron chi connectivity index (χ3n) is 3.21. The average molecular weight is 327 g/mol. The van der Waals surface area contributed by atoms with Crippen LogP contribution in [0.3, 0.4) is 0 Å². The van der Waals surface area contributed by atoms with Gasteiger partial charge in [-0.1, -0.05) is 28.1 Å². The Morgan fingerprint density at radius 1 is 1.37 bits per heavy atom. The summed E-state index contributed by atoms with van der Waals surface area (Å²) in [7, 11) is 0. The molecule has 1 heterocycles. The summed E-state index contributed by atoms with van der Waals surface area (Å²) < 4.78 is 6.24. The number of carbonyl (C=O) groups excluding carboxylic acids is 1. The second-order valence-corrected chi connectivity index (χ2v) is 5.41. The molecule has 1 aliphatic rings. The highest BCUT2D eigenvalue weighted by Crippen LogP contribution is 2.24. The molecule has 1 atom stereocenters. The van der Waals surface area contributed by atoms with Crippen molar-refractivity contribution in [1.82, 2.24) is 10.2 Å². The molecule has 104 valence electrons. The highest BCUT2D eigenvalue weighted by Gasteiger charge is 2.29. The molecule has 5 heteroatoms. The predicted octanol–water partition coefficient (Wildman–Crippen LogP) is 1.96. The Morgan fingerprint density at radius 3 is 2.58 bits per heavy atom. The van der Waals surface area contributed by atoms with Gasteiger partial charge in [-0.05, 0) is 24.6 Å². The van der Waals surface area contributed by atoms with Crippen LogP contribution in [0.1, 0.15) is 18.5 Å². The molecular weight excluding hydrogens is 308 g/mol. The molecule has 19 heavy (non-hydrogen) atoms. The van der Waals surface area contributed by atoms with Crippen LogP contribution in [0, 0.1) is 0 Å². The van der Waals surface area contributed by atoms with Crippen LogP contribution in [0.2, 0.25) is 0 Å². The van der Waals surface area contributed by atoms with Gasteiger partial charge in [-0.25, -0.2) is 4.79 Å². The zero-order valence-electron chi connectivity index (χ0n) is 11.1. The summed E-state index contributed by atoms with van der Waals surface area (Å²) in [6, 6.07) is 7.59. The van der Waals surface area contributed by atoms with E-state index in [1.807, 2.05) is 31.2 Å². The maximum Gasteiger partial charge on any atom is 0.328 e. The van der Waals surface area contributed by atoms with E-state index in [0.717, 1.165) is 36.2 Å². The molecule has 4 nitrogen and oxygen atoms in total. The van der Waals surface area contributed by atoms with Crippen molar-refractivity contribution in [3.63, 3.8) is 0 Å². The van der Waals surface area contributed by atoms with Gasteiger partial charge in [0.1, 0.15) is 6.04 Å². The van der Waals surface area contributed by atoms with Crippen molar-refractivity contribution in [3.8, 4) is 0 Å². The number of piperazine rings is 1. The molecule has 0 amide bonds. The van der Waals surface area contributed by atoms with Crippen LogP contribution in [-0.4, -0.2) is 43.7 Å². The minimum Gasteiger partial charge on any atom is -0.465 e. The van der Waals surface area contributed by atoms with Crippen molar-refractivity contribution in [3.05, 3.63) is 34.3 Å². The van der Waals surface area contributed by atoms with Crippen molar-refractivity contribution >= 4 is 21.9 Å². The lowest BCUT2D eigenvalue weighted by atomic mass is 10.0. The van der Waals surface area contributed by atoms with Gasteiger partial charge in [0.2, 0.25) is 0 Å². The average Bonchev–Trinajstić information content (AvgIpc) is 2.43. The normalized spacial score (nSPS) is 18.0. The summed E-state index contributed by atoms with van der Waals surface area (Å²) in [4.78, 5) is 14.4. The third kappa shape index (κ3) is 3.78. The first kappa shape index (κ1) is 14.5. The number of hydrogen-bond donors (Lipinski definition) is 1. The van der Waals surface area contributed by atoms with Crippen LogP contribution >= 0.6 is 15.9 Å². The van der Waals surface area contributed by atoms with E-state index in [9.17, 15) is 4.79 Å². The zero-order valence-corrected chi connectivity index (χ0v) is 12.6. The van der Waals surface area contributed by atoms with Gasteiger partial charge in [-0.2, -0.15) is 0 Å². The summed E-state index contributed by atoms with van der Waals surface area (Å²) in [6.45, 7) is 5.80. The minimum absolute atomic E-state index is 0.160. The largest absolute Gasteiger partial charge is 0.465 e. The first-order valence-electron chi connectivity index (χ1n) is 6.59. The molecule has 1 aliphatic heterocycles. The van der Waals surface area contributed by atoms with E-state index in [1.165, 1.54) is 0 Å². The Hall–Kier alpha value is -0.910. The lowest BCUT2D eigenvalue weighted by Gasteiger charge is -2.33. The molecule has 1 aromatic carbocycles. The molecule has 2 rings (SSSR count). The highest BCUT2D eigenvalue weighted by atomic mass is 79.9. The number of nitrogens with zero attached hydrogens (tertiary/aromatic N) is 1. The fraction of sp³-hybridized carbons (Fsp3) is 0.500. The second-order valence-electron chi connectivity index (χ2n) is 4.49. The third-order valence-corrected chi connectivity index (χ3v) is 3.74. The monoisotopic (exact) mass is 326 g/mol. The van der Waals surface area contributed by atoms with E-state index >= 15 is 0 Å². The van der Waals surface area contributed by atoms with Crippen molar-refractivity contribution < 1.29 is 9.53 Å². The van der Waals surface area contributed by atoms with E-state index in [2.05, 4.69) is 26.1 Å². The number of halogens is 1. The Labute approximate surface area is 122 Å². The molecule has 0 aliphatic carbocycles. The van der Waals surface area contributed by atoms with Crippen LogP contribution in [-0.2, 0) is 9.53 Å². The number of hydrogen-bond acceptors (Lipinski definition) is 4. The smallest absolute Gasteiger partial charge is 0.328 e. The quantitative estimate of drug-likeness (QED) is 0.859. The molecule has 1 saturated heterocycles. The van der Waals surface area contributed by atoms with Crippen molar-refractivity contribution in [2.75, 3.05) is 32.8 Å². The molecule has 1 aromatic rings. The fourth-order valence-corrected chi connectivity index (χ4v) is 2.57. The minimum atomic E-state index is -0.296. The van der Waals surface area contributed by atoms with E-state index in [4.69, 9.17) is 4.74 Å². The maximum atomic E-state index is 12.2. The summed E-state index contributed by atoms with van der Waals surface area (Å²) in [5.74, 6) is -0.160. The number of ether oxygens (including phenoxy) is 1.